The second-order valence-corrected chi connectivity index (χ2v) is 5.45. The lowest BCUT2D eigenvalue weighted by Gasteiger charge is -2.34. The van der Waals surface area contributed by atoms with Gasteiger partial charge < -0.3 is 4.90 Å². The van der Waals surface area contributed by atoms with Gasteiger partial charge in [0, 0.05) is 12.7 Å². The third-order valence-corrected chi connectivity index (χ3v) is 4.15. The number of hydrogen-bond acceptors (Lipinski definition) is 4. The van der Waals surface area contributed by atoms with Crippen LogP contribution in [0.4, 0.5) is 0 Å². The van der Waals surface area contributed by atoms with Crippen molar-refractivity contribution in [3.63, 3.8) is 0 Å². The van der Waals surface area contributed by atoms with E-state index in [4.69, 9.17) is 0 Å². The fraction of sp³-hybridized carbons (Fsp3) is 0.333. The number of hydrogen-bond donors (Lipinski definition) is 1. The highest BCUT2D eigenvalue weighted by molar-refractivity contribution is 5.93. The van der Waals surface area contributed by atoms with Crippen LogP contribution in [0.1, 0.15) is 41.6 Å². The minimum atomic E-state index is -0.0435. The number of fused-ring (bicyclic) bond motifs is 1. The van der Waals surface area contributed by atoms with E-state index in [1.807, 2.05) is 33.7 Å². The number of carbonyl (C=O) groups is 1. The molecule has 0 radical (unpaired) electrons. The molecule has 112 valence electrons. The Morgan fingerprint density at radius 2 is 2.23 bits per heavy atom. The molecule has 22 heavy (non-hydrogen) atoms. The van der Waals surface area contributed by atoms with Crippen LogP contribution in [0.15, 0.2) is 36.9 Å². The number of aromatic amines is 1. The first-order valence-corrected chi connectivity index (χ1v) is 7.43. The number of carbonyl (C=O) groups excluding carboxylic acids is 1. The van der Waals surface area contributed by atoms with Gasteiger partial charge in [0.25, 0.3) is 5.91 Å². The number of nitrogens with zero attached hydrogens (tertiary/aromatic N) is 5. The van der Waals surface area contributed by atoms with E-state index in [0.29, 0.717) is 5.69 Å². The maximum Gasteiger partial charge on any atom is 0.273 e. The third-order valence-electron chi connectivity index (χ3n) is 4.15. The average Bonchev–Trinajstić information content (AvgIpc) is 3.24. The van der Waals surface area contributed by atoms with E-state index in [1.54, 1.807) is 6.20 Å². The SMILES string of the molecule is O=C(c1cnc2ccccn12)N1CCCC[C@H]1c1ncn[nH]1. The summed E-state index contributed by atoms with van der Waals surface area (Å²) in [5.74, 6) is 0.738. The Labute approximate surface area is 127 Å². The summed E-state index contributed by atoms with van der Waals surface area (Å²) < 4.78 is 1.83. The van der Waals surface area contributed by atoms with Gasteiger partial charge in [-0.1, -0.05) is 6.07 Å². The molecule has 0 aliphatic carbocycles. The number of rotatable bonds is 2. The van der Waals surface area contributed by atoms with E-state index in [-0.39, 0.29) is 11.9 Å². The molecular weight excluding hydrogens is 280 g/mol. The maximum absolute atomic E-state index is 13.0. The average molecular weight is 296 g/mol. The van der Waals surface area contributed by atoms with E-state index in [0.717, 1.165) is 37.3 Å². The highest BCUT2D eigenvalue weighted by Crippen LogP contribution is 2.29. The monoisotopic (exact) mass is 296 g/mol. The zero-order chi connectivity index (χ0) is 14.9. The van der Waals surface area contributed by atoms with Gasteiger partial charge in [0.1, 0.15) is 23.5 Å². The van der Waals surface area contributed by atoms with Gasteiger partial charge in [-0.05, 0) is 31.4 Å². The zero-order valence-corrected chi connectivity index (χ0v) is 12.0. The summed E-state index contributed by atoms with van der Waals surface area (Å²) in [5.41, 5.74) is 1.36. The Morgan fingerprint density at radius 3 is 3.09 bits per heavy atom. The second kappa shape index (κ2) is 5.25. The van der Waals surface area contributed by atoms with Crippen molar-refractivity contribution in [3.05, 3.63) is 48.4 Å². The molecule has 1 fully saturated rings. The predicted octanol–water partition coefficient (Wildman–Crippen LogP) is 1.82. The standard InChI is InChI=1S/C15H16N6O/c22-15(12-9-16-13-6-2-4-7-20(12)13)21-8-3-1-5-11(21)14-17-10-18-19-14/h2,4,6-7,9-11H,1,3,5,8H2,(H,17,18,19)/t11-/m0/s1. The van der Waals surface area contributed by atoms with Crippen molar-refractivity contribution in [2.24, 2.45) is 0 Å². The highest BCUT2D eigenvalue weighted by atomic mass is 16.2. The molecule has 1 aliphatic rings. The lowest BCUT2D eigenvalue weighted by Crippen LogP contribution is -2.39. The molecule has 1 N–H and O–H groups in total. The summed E-state index contributed by atoms with van der Waals surface area (Å²) in [7, 11) is 0. The van der Waals surface area contributed by atoms with E-state index >= 15 is 0 Å². The van der Waals surface area contributed by atoms with Crippen LogP contribution in [0.3, 0.4) is 0 Å². The topological polar surface area (TPSA) is 79.2 Å². The molecule has 4 rings (SSSR count). The van der Waals surface area contributed by atoms with Crippen LogP contribution in [-0.2, 0) is 0 Å². The molecule has 1 aliphatic heterocycles. The lowest BCUT2D eigenvalue weighted by molar-refractivity contribution is 0.0593. The number of likely N-dealkylation sites (tertiary alicyclic amines) is 1. The molecule has 1 atom stereocenters. The molecule has 1 amide bonds. The van der Waals surface area contributed by atoms with Crippen molar-refractivity contribution in [3.8, 4) is 0 Å². The van der Waals surface area contributed by atoms with E-state index in [2.05, 4.69) is 20.2 Å². The summed E-state index contributed by atoms with van der Waals surface area (Å²) in [6.07, 6.45) is 7.99. The Hall–Kier alpha value is -2.70. The number of aromatic nitrogens is 5. The molecule has 0 spiro atoms. The van der Waals surface area contributed by atoms with Crippen molar-refractivity contribution >= 4 is 11.6 Å². The fourth-order valence-electron chi connectivity index (χ4n) is 3.07. The van der Waals surface area contributed by atoms with Gasteiger partial charge in [0.2, 0.25) is 0 Å². The number of nitrogens with one attached hydrogen (secondary N) is 1. The molecule has 0 saturated carbocycles. The normalized spacial score (nSPS) is 18.7. The maximum atomic E-state index is 13.0. The second-order valence-electron chi connectivity index (χ2n) is 5.45. The first-order chi connectivity index (χ1) is 10.8. The highest BCUT2D eigenvalue weighted by Gasteiger charge is 2.31. The van der Waals surface area contributed by atoms with E-state index in [1.165, 1.54) is 6.33 Å². The molecule has 3 aromatic rings. The number of pyridine rings is 1. The zero-order valence-electron chi connectivity index (χ0n) is 12.0. The Balaban J connectivity index is 1.71. The number of H-pyrrole nitrogens is 1. The summed E-state index contributed by atoms with van der Waals surface area (Å²) in [6, 6.07) is 5.66. The van der Waals surface area contributed by atoms with Crippen LogP contribution in [0.5, 0.6) is 0 Å². The minimum absolute atomic E-state index is 0.0141. The molecule has 1 saturated heterocycles. The number of amides is 1. The van der Waals surface area contributed by atoms with Gasteiger partial charge in [-0.2, -0.15) is 5.10 Å². The molecule has 7 heteroatoms. The van der Waals surface area contributed by atoms with Crippen molar-refractivity contribution in [1.29, 1.82) is 0 Å². The third kappa shape index (κ3) is 2.05. The fourth-order valence-corrected chi connectivity index (χ4v) is 3.07. The van der Waals surface area contributed by atoms with Gasteiger partial charge in [0.05, 0.1) is 12.2 Å². The van der Waals surface area contributed by atoms with Crippen molar-refractivity contribution in [2.45, 2.75) is 25.3 Å². The molecule has 0 aromatic carbocycles. The van der Waals surface area contributed by atoms with Gasteiger partial charge >= 0.3 is 0 Å². The Bertz CT molecular complexity index is 793. The van der Waals surface area contributed by atoms with Crippen LogP contribution in [0.2, 0.25) is 0 Å². The molecular formula is C15H16N6O. The lowest BCUT2D eigenvalue weighted by atomic mass is 10.0. The number of imidazole rings is 1. The van der Waals surface area contributed by atoms with Crippen LogP contribution in [0.25, 0.3) is 5.65 Å². The predicted molar refractivity (Wildman–Crippen MR) is 79.2 cm³/mol. The molecule has 7 nitrogen and oxygen atoms in total. The number of piperidine rings is 1. The first kappa shape index (κ1) is 13.0. The van der Waals surface area contributed by atoms with Gasteiger partial charge in [-0.15, -0.1) is 0 Å². The summed E-state index contributed by atoms with van der Waals surface area (Å²) in [6.45, 7) is 0.726. The molecule has 3 aromatic heterocycles. The Kier molecular flexibility index (Phi) is 3.10. The van der Waals surface area contributed by atoms with Crippen LogP contribution in [0, 0.1) is 0 Å². The minimum Gasteiger partial charge on any atom is -0.327 e. The van der Waals surface area contributed by atoms with Crippen LogP contribution >= 0.6 is 0 Å². The van der Waals surface area contributed by atoms with Crippen molar-refractivity contribution in [2.75, 3.05) is 6.54 Å². The van der Waals surface area contributed by atoms with Crippen LogP contribution in [-0.4, -0.2) is 41.9 Å². The van der Waals surface area contributed by atoms with E-state index < -0.39 is 0 Å². The summed E-state index contributed by atoms with van der Waals surface area (Å²) in [4.78, 5) is 23.4. The molecule has 4 heterocycles. The molecule has 0 bridgehead atoms. The largest absolute Gasteiger partial charge is 0.327 e. The van der Waals surface area contributed by atoms with E-state index in [9.17, 15) is 4.79 Å². The Morgan fingerprint density at radius 1 is 1.27 bits per heavy atom. The summed E-state index contributed by atoms with van der Waals surface area (Å²) >= 11 is 0. The van der Waals surface area contributed by atoms with Crippen molar-refractivity contribution in [1.82, 2.24) is 29.5 Å². The van der Waals surface area contributed by atoms with Gasteiger partial charge in [-0.25, -0.2) is 9.97 Å². The van der Waals surface area contributed by atoms with Crippen LogP contribution < -0.4 is 0 Å². The van der Waals surface area contributed by atoms with Crippen molar-refractivity contribution < 1.29 is 4.79 Å². The first-order valence-electron chi connectivity index (χ1n) is 7.43. The van der Waals surface area contributed by atoms with Gasteiger partial charge in [-0.3, -0.25) is 14.3 Å². The summed E-state index contributed by atoms with van der Waals surface area (Å²) in [5, 5.41) is 6.81. The quantitative estimate of drug-likeness (QED) is 0.782. The smallest absolute Gasteiger partial charge is 0.273 e. The van der Waals surface area contributed by atoms with Gasteiger partial charge in [0.15, 0.2) is 0 Å². The molecule has 0 unspecified atom stereocenters.